The van der Waals surface area contributed by atoms with Crippen LogP contribution in [0.1, 0.15) is 35.1 Å². The Labute approximate surface area is 107 Å². The van der Waals surface area contributed by atoms with Gasteiger partial charge in [0.25, 0.3) is 5.95 Å². The highest BCUT2D eigenvalue weighted by atomic mass is 15.4. The molecule has 5 heteroatoms. The monoisotopic (exact) mass is 245 g/mol. The van der Waals surface area contributed by atoms with E-state index in [9.17, 15) is 0 Å². The first-order valence-corrected chi connectivity index (χ1v) is 6.16. The molecule has 0 radical (unpaired) electrons. The maximum Gasteiger partial charge on any atom is 0.250 e. The van der Waals surface area contributed by atoms with E-state index in [1.54, 1.807) is 6.20 Å². The number of aryl methyl sites for hydroxylation is 2. The summed E-state index contributed by atoms with van der Waals surface area (Å²) < 4.78 is 1.81. The normalized spacial score (nSPS) is 10.9. The minimum atomic E-state index is 0.462. The minimum Gasteiger partial charge on any atom is -0.326 e. The summed E-state index contributed by atoms with van der Waals surface area (Å²) in [6, 6.07) is 0. The highest BCUT2D eigenvalue weighted by Crippen LogP contribution is 2.16. The first-order valence-electron chi connectivity index (χ1n) is 6.16. The summed E-state index contributed by atoms with van der Waals surface area (Å²) in [7, 11) is 0. The van der Waals surface area contributed by atoms with Gasteiger partial charge in [0.15, 0.2) is 0 Å². The van der Waals surface area contributed by atoms with Gasteiger partial charge >= 0.3 is 0 Å². The van der Waals surface area contributed by atoms with E-state index in [-0.39, 0.29) is 0 Å². The van der Waals surface area contributed by atoms with Gasteiger partial charge in [-0.15, -0.1) is 0 Å². The SMILES string of the molecule is CCc1c(C)nn(-c2ncc(CN)c(C)n2)c1C. The van der Waals surface area contributed by atoms with Crippen LogP contribution in [0.4, 0.5) is 0 Å². The molecule has 0 atom stereocenters. The Morgan fingerprint density at radius 2 is 1.94 bits per heavy atom. The first kappa shape index (κ1) is 12.7. The fourth-order valence-electron chi connectivity index (χ4n) is 2.16. The molecule has 18 heavy (non-hydrogen) atoms. The Balaban J connectivity index is 2.52. The largest absolute Gasteiger partial charge is 0.326 e. The molecular weight excluding hydrogens is 226 g/mol. The molecule has 0 unspecified atom stereocenters. The third-order valence-electron chi connectivity index (χ3n) is 3.27. The number of hydrogen-bond donors (Lipinski definition) is 1. The smallest absolute Gasteiger partial charge is 0.250 e. The molecule has 0 aliphatic carbocycles. The molecule has 0 aromatic carbocycles. The van der Waals surface area contributed by atoms with Crippen LogP contribution in [0.5, 0.6) is 0 Å². The van der Waals surface area contributed by atoms with Crippen LogP contribution in [-0.2, 0) is 13.0 Å². The van der Waals surface area contributed by atoms with Crippen LogP contribution in [-0.4, -0.2) is 19.7 Å². The van der Waals surface area contributed by atoms with E-state index < -0.39 is 0 Å². The maximum atomic E-state index is 5.62. The molecule has 5 nitrogen and oxygen atoms in total. The van der Waals surface area contributed by atoms with E-state index in [1.165, 1.54) is 5.56 Å². The average molecular weight is 245 g/mol. The van der Waals surface area contributed by atoms with Gasteiger partial charge in [-0.05, 0) is 32.8 Å². The third-order valence-corrected chi connectivity index (χ3v) is 3.27. The molecule has 0 fully saturated rings. The summed E-state index contributed by atoms with van der Waals surface area (Å²) in [4.78, 5) is 8.81. The fourth-order valence-corrected chi connectivity index (χ4v) is 2.16. The van der Waals surface area contributed by atoms with E-state index in [0.717, 1.165) is 29.1 Å². The van der Waals surface area contributed by atoms with Gasteiger partial charge < -0.3 is 5.73 Å². The van der Waals surface area contributed by atoms with Gasteiger partial charge in [0.1, 0.15) is 0 Å². The van der Waals surface area contributed by atoms with E-state index in [4.69, 9.17) is 5.73 Å². The predicted octanol–water partition coefficient (Wildman–Crippen LogP) is 1.61. The molecule has 2 aromatic heterocycles. The van der Waals surface area contributed by atoms with Crippen molar-refractivity contribution in [3.8, 4) is 5.95 Å². The van der Waals surface area contributed by atoms with Crippen molar-refractivity contribution in [3.05, 3.63) is 34.4 Å². The van der Waals surface area contributed by atoms with Gasteiger partial charge in [-0.3, -0.25) is 0 Å². The van der Waals surface area contributed by atoms with Crippen molar-refractivity contribution in [2.45, 2.75) is 40.7 Å². The van der Waals surface area contributed by atoms with Crippen LogP contribution in [0, 0.1) is 20.8 Å². The van der Waals surface area contributed by atoms with Crippen LogP contribution >= 0.6 is 0 Å². The zero-order valence-corrected chi connectivity index (χ0v) is 11.4. The van der Waals surface area contributed by atoms with Gasteiger partial charge in [-0.25, -0.2) is 14.6 Å². The molecule has 2 aromatic rings. The Bertz CT molecular complexity index is 571. The number of nitrogens with zero attached hydrogens (tertiary/aromatic N) is 4. The molecule has 2 rings (SSSR count). The van der Waals surface area contributed by atoms with Crippen LogP contribution in [0.3, 0.4) is 0 Å². The van der Waals surface area contributed by atoms with Crippen molar-refractivity contribution >= 4 is 0 Å². The minimum absolute atomic E-state index is 0.462. The number of nitrogens with two attached hydrogens (primary N) is 1. The Morgan fingerprint density at radius 3 is 2.44 bits per heavy atom. The lowest BCUT2D eigenvalue weighted by Gasteiger charge is -2.06. The summed E-state index contributed by atoms with van der Waals surface area (Å²) in [6.45, 7) is 8.60. The van der Waals surface area contributed by atoms with Crippen molar-refractivity contribution < 1.29 is 0 Å². The van der Waals surface area contributed by atoms with Crippen LogP contribution in [0.15, 0.2) is 6.20 Å². The number of aromatic nitrogens is 4. The lowest BCUT2D eigenvalue weighted by molar-refractivity contribution is 0.761. The van der Waals surface area contributed by atoms with Gasteiger partial charge in [-0.1, -0.05) is 6.92 Å². The zero-order chi connectivity index (χ0) is 13.3. The standard InChI is InChI=1S/C13H19N5/c1-5-12-9(3)17-18(10(12)4)13-15-7-11(6-14)8(2)16-13/h7H,5-6,14H2,1-4H3. The van der Waals surface area contributed by atoms with Crippen LogP contribution < -0.4 is 5.73 Å². The topological polar surface area (TPSA) is 69.6 Å². The van der Waals surface area contributed by atoms with Crippen LogP contribution in [0.2, 0.25) is 0 Å². The number of hydrogen-bond acceptors (Lipinski definition) is 4. The van der Waals surface area contributed by atoms with E-state index in [1.807, 2.05) is 25.5 Å². The van der Waals surface area contributed by atoms with E-state index in [0.29, 0.717) is 12.5 Å². The first-order chi connectivity index (χ1) is 8.58. The molecule has 0 bridgehead atoms. The van der Waals surface area contributed by atoms with Gasteiger partial charge in [0, 0.05) is 29.7 Å². The molecule has 2 N–H and O–H groups in total. The van der Waals surface area contributed by atoms with Gasteiger partial charge in [0.2, 0.25) is 0 Å². The third kappa shape index (κ3) is 2.01. The molecule has 2 heterocycles. The van der Waals surface area contributed by atoms with E-state index >= 15 is 0 Å². The van der Waals surface area contributed by atoms with Crippen molar-refractivity contribution in [1.82, 2.24) is 19.7 Å². The van der Waals surface area contributed by atoms with Crippen molar-refractivity contribution in [2.24, 2.45) is 5.73 Å². The fraction of sp³-hybridized carbons (Fsp3) is 0.462. The maximum absolute atomic E-state index is 5.62. The summed E-state index contributed by atoms with van der Waals surface area (Å²) in [5.74, 6) is 0.616. The molecular formula is C13H19N5. The van der Waals surface area contributed by atoms with Crippen LogP contribution in [0.25, 0.3) is 5.95 Å². The highest BCUT2D eigenvalue weighted by Gasteiger charge is 2.13. The molecule has 0 saturated carbocycles. The second-order valence-electron chi connectivity index (χ2n) is 4.40. The summed E-state index contributed by atoms with van der Waals surface area (Å²) in [5.41, 5.74) is 10.9. The molecule has 0 amide bonds. The highest BCUT2D eigenvalue weighted by molar-refractivity contribution is 5.30. The predicted molar refractivity (Wildman–Crippen MR) is 70.6 cm³/mol. The summed E-state index contributed by atoms with van der Waals surface area (Å²) in [5, 5.41) is 4.51. The quantitative estimate of drug-likeness (QED) is 0.892. The Morgan fingerprint density at radius 1 is 1.22 bits per heavy atom. The van der Waals surface area contributed by atoms with Crippen molar-refractivity contribution in [1.29, 1.82) is 0 Å². The van der Waals surface area contributed by atoms with Gasteiger partial charge in [-0.2, -0.15) is 5.10 Å². The zero-order valence-electron chi connectivity index (χ0n) is 11.4. The summed E-state index contributed by atoms with van der Waals surface area (Å²) >= 11 is 0. The number of rotatable bonds is 3. The van der Waals surface area contributed by atoms with Crippen molar-refractivity contribution in [3.63, 3.8) is 0 Å². The molecule has 0 aliphatic rings. The van der Waals surface area contributed by atoms with Crippen molar-refractivity contribution in [2.75, 3.05) is 0 Å². The van der Waals surface area contributed by atoms with Gasteiger partial charge in [0.05, 0.1) is 5.69 Å². The second kappa shape index (κ2) is 4.86. The molecule has 0 spiro atoms. The second-order valence-corrected chi connectivity index (χ2v) is 4.40. The molecule has 96 valence electrons. The lowest BCUT2D eigenvalue weighted by atomic mass is 10.1. The van der Waals surface area contributed by atoms with E-state index in [2.05, 4.69) is 22.0 Å². The molecule has 0 saturated heterocycles. The lowest BCUT2D eigenvalue weighted by Crippen LogP contribution is -2.09. The average Bonchev–Trinajstić information content (AvgIpc) is 2.64. The Kier molecular flexibility index (Phi) is 3.43. The molecule has 0 aliphatic heterocycles. The Hall–Kier alpha value is -1.75. The summed E-state index contributed by atoms with van der Waals surface area (Å²) in [6.07, 6.45) is 2.75.